The van der Waals surface area contributed by atoms with Crippen LogP contribution in [0.2, 0.25) is 0 Å². The van der Waals surface area contributed by atoms with Crippen LogP contribution in [0.3, 0.4) is 0 Å². The van der Waals surface area contributed by atoms with E-state index in [4.69, 9.17) is 4.74 Å². The number of halogens is 1. The van der Waals surface area contributed by atoms with Gasteiger partial charge < -0.3 is 14.2 Å². The van der Waals surface area contributed by atoms with E-state index in [0.717, 1.165) is 37.1 Å². The first kappa shape index (κ1) is 15.4. The predicted molar refractivity (Wildman–Crippen MR) is 80.5 cm³/mol. The van der Waals surface area contributed by atoms with E-state index in [-0.39, 0.29) is 6.09 Å². The van der Waals surface area contributed by atoms with E-state index in [1.165, 1.54) is 0 Å². The minimum atomic E-state index is -0.420. The summed E-state index contributed by atoms with van der Waals surface area (Å²) < 4.78 is 8.36. The third-order valence-electron chi connectivity index (χ3n) is 3.34. The summed E-state index contributed by atoms with van der Waals surface area (Å²) in [4.78, 5) is 17.9. The molecule has 0 atom stereocenters. The maximum Gasteiger partial charge on any atom is 0.410 e. The van der Waals surface area contributed by atoms with E-state index < -0.39 is 5.60 Å². The maximum absolute atomic E-state index is 12.0. The Bertz CT molecular complexity index is 459. The average molecular weight is 344 g/mol. The number of likely N-dealkylation sites (tertiary alicyclic amines) is 1. The lowest BCUT2D eigenvalue weighted by Gasteiger charge is -2.33. The number of imidazole rings is 1. The van der Waals surface area contributed by atoms with Crippen molar-refractivity contribution in [2.75, 3.05) is 13.1 Å². The molecule has 1 aliphatic heterocycles. The molecule has 20 heavy (non-hydrogen) atoms. The Kier molecular flexibility index (Phi) is 4.73. The predicted octanol–water partition coefficient (Wildman–Crippen LogP) is 3.29. The first-order chi connectivity index (χ1) is 9.33. The number of amides is 1. The van der Waals surface area contributed by atoms with Crippen molar-refractivity contribution in [2.24, 2.45) is 5.92 Å². The van der Waals surface area contributed by atoms with Crippen molar-refractivity contribution in [3.63, 3.8) is 0 Å². The molecule has 2 rings (SSSR count). The Morgan fingerprint density at radius 3 is 2.60 bits per heavy atom. The molecule has 1 fully saturated rings. The second kappa shape index (κ2) is 6.16. The summed E-state index contributed by atoms with van der Waals surface area (Å²) in [5.41, 5.74) is -0.420. The second-order valence-corrected chi connectivity index (χ2v) is 7.12. The smallest absolute Gasteiger partial charge is 0.410 e. The fraction of sp³-hybridized carbons (Fsp3) is 0.714. The van der Waals surface area contributed by atoms with Crippen molar-refractivity contribution in [2.45, 2.75) is 45.8 Å². The van der Waals surface area contributed by atoms with Gasteiger partial charge in [0.2, 0.25) is 0 Å². The minimum absolute atomic E-state index is 0.193. The summed E-state index contributed by atoms with van der Waals surface area (Å²) in [6.07, 6.45) is 5.65. The molecular weight excluding hydrogens is 322 g/mol. The Hall–Kier alpha value is -1.04. The topological polar surface area (TPSA) is 47.4 Å². The number of carbonyl (C=O) groups is 1. The van der Waals surface area contributed by atoms with Gasteiger partial charge in [0.05, 0.1) is 6.33 Å². The highest BCUT2D eigenvalue weighted by Crippen LogP contribution is 2.21. The van der Waals surface area contributed by atoms with Crippen molar-refractivity contribution >= 4 is 22.0 Å². The highest BCUT2D eigenvalue weighted by Gasteiger charge is 2.26. The van der Waals surface area contributed by atoms with Crippen molar-refractivity contribution in [3.05, 3.63) is 17.1 Å². The monoisotopic (exact) mass is 343 g/mol. The molecular formula is C14H22BrN3O2. The zero-order valence-electron chi connectivity index (χ0n) is 12.3. The van der Waals surface area contributed by atoms with E-state index in [1.807, 2.05) is 38.2 Å². The van der Waals surface area contributed by atoms with Crippen LogP contribution < -0.4 is 0 Å². The van der Waals surface area contributed by atoms with Gasteiger partial charge in [0.1, 0.15) is 10.2 Å². The molecule has 0 unspecified atom stereocenters. The summed E-state index contributed by atoms with van der Waals surface area (Å²) in [5, 5.41) is 0. The van der Waals surface area contributed by atoms with Gasteiger partial charge in [-0.15, -0.1) is 0 Å². The van der Waals surface area contributed by atoms with E-state index in [1.54, 1.807) is 0 Å². The Morgan fingerprint density at radius 1 is 1.45 bits per heavy atom. The number of nitrogens with zero attached hydrogens (tertiary/aromatic N) is 3. The lowest BCUT2D eigenvalue weighted by atomic mass is 9.97. The Morgan fingerprint density at radius 2 is 2.10 bits per heavy atom. The van der Waals surface area contributed by atoms with Gasteiger partial charge in [-0.2, -0.15) is 0 Å². The standard InChI is InChI=1S/C14H22BrN3O2/c1-14(2,3)20-13(19)18-6-4-11(5-7-18)8-17-9-12(15)16-10-17/h9-11H,4-8H2,1-3H3. The molecule has 1 aromatic rings. The molecule has 2 heterocycles. The molecule has 0 N–H and O–H groups in total. The molecule has 1 aliphatic rings. The first-order valence-electron chi connectivity index (χ1n) is 6.99. The molecule has 0 bridgehead atoms. The molecule has 1 saturated heterocycles. The molecule has 112 valence electrons. The third-order valence-corrected chi connectivity index (χ3v) is 3.75. The van der Waals surface area contributed by atoms with Gasteiger partial charge in [0, 0.05) is 25.8 Å². The fourth-order valence-corrected chi connectivity index (χ4v) is 2.71. The molecule has 5 nitrogen and oxygen atoms in total. The molecule has 1 aromatic heterocycles. The van der Waals surface area contributed by atoms with Crippen molar-refractivity contribution in [1.82, 2.24) is 14.5 Å². The third kappa shape index (κ3) is 4.51. The van der Waals surface area contributed by atoms with E-state index in [2.05, 4.69) is 25.5 Å². The lowest BCUT2D eigenvalue weighted by molar-refractivity contribution is 0.0178. The fourth-order valence-electron chi connectivity index (χ4n) is 2.36. The summed E-state index contributed by atoms with van der Waals surface area (Å²) in [5.74, 6) is 0.592. The summed E-state index contributed by atoms with van der Waals surface area (Å²) in [6.45, 7) is 8.20. The van der Waals surface area contributed by atoms with Gasteiger partial charge in [-0.1, -0.05) is 0 Å². The van der Waals surface area contributed by atoms with Crippen molar-refractivity contribution in [1.29, 1.82) is 0 Å². The van der Waals surface area contributed by atoms with Gasteiger partial charge in [-0.3, -0.25) is 0 Å². The minimum Gasteiger partial charge on any atom is -0.444 e. The summed E-state index contributed by atoms with van der Waals surface area (Å²) >= 11 is 3.35. The van der Waals surface area contributed by atoms with E-state index >= 15 is 0 Å². The zero-order valence-corrected chi connectivity index (χ0v) is 13.9. The molecule has 0 saturated carbocycles. The van der Waals surface area contributed by atoms with E-state index in [0.29, 0.717) is 5.92 Å². The van der Waals surface area contributed by atoms with Crippen LogP contribution in [0.4, 0.5) is 4.79 Å². The quantitative estimate of drug-likeness (QED) is 0.827. The van der Waals surface area contributed by atoms with Gasteiger partial charge in [0.25, 0.3) is 0 Å². The van der Waals surface area contributed by atoms with Gasteiger partial charge in [-0.05, 0) is 55.5 Å². The van der Waals surface area contributed by atoms with Crippen molar-refractivity contribution < 1.29 is 9.53 Å². The van der Waals surface area contributed by atoms with E-state index in [9.17, 15) is 4.79 Å². The number of hydrogen-bond acceptors (Lipinski definition) is 3. The highest BCUT2D eigenvalue weighted by molar-refractivity contribution is 9.10. The van der Waals surface area contributed by atoms with Crippen molar-refractivity contribution in [3.8, 4) is 0 Å². The second-order valence-electron chi connectivity index (χ2n) is 6.30. The normalized spacial score (nSPS) is 17.3. The first-order valence-corrected chi connectivity index (χ1v) is 7.78. The van der Waals surface area contributed by atoms with Gasteiger partial charge in [0.15, 0.2) is 0 Å². The van der Waals surface area contributed by atoms with Crippen LogP contribution >= 0.6 is 15.9 Å². The Balaban J connectivity index is 1.79. The van der Waals surface area contributed by atoms with Crippen LogP contribution in [0.25, 0.3) is 0 Å². The molecule has 0 aliphatic carbocycles. The van der Waals surface area contributed by atoms with Crippen LogP contribution in [0, 0.1) is 5.92 Å². The van der Waals surface area contributed by atoms with Gasteiger partial charge >= 0.3 is 6.09 Å². The van der Waals surface area contributed by atoms with Crippen LogP contribution in [0.1, 0.15) is 33.6 Å². The molecule has 0 aromatic carbocycles. The van der Waals surface area contributed by atoms with Gasteiger partial charge in [-0.25, -0.2) is 9.78 Å². The highest BCUT2D eigenvalue weighted by atomic mass is 79.9. The zero-order chi connectivity index (χ0) is 14.8. The molecule has 1 amide bonds. The molecule has 0 spiro atoms. The number of hydrogen-bond donors (Lipinski definition) is 0. The van der Waals surface area contributed by atoms with Crippen LogP contribution in [0.5, 0.6) is 0 Å². The Labute approximate surface area is 128 Å². The average Bonchev–Trinajstić information content (AvgIpc) is 2.73. The maximum atomic E-state index is 12.0. The lowest BCUT2D eigenvalue weighted by Crippen LogP contribution is -2.42. The number of aromatic nitrogens is 2. The SMILES string of the molecule is CC(C)(C)OC(=O)N1CCC(Cn2cnc(Br)c2)CC1. The number of rotatable bonds is 2. The number of carbonyl (C=O) groups excluding carboxylic acids is 1. The largest absolute Gasteiger partial charge is 0.444 e. The number of ether oxygens (including phenoxy) is 1. The van der Waals surface area contributed by atoms with Crippen LogP contribution in [0.15, 0.2) is 17.1 Å². The van der Waals surface area contributed by atoms with Crippen LogP contribution in [-0.2, 0) is 11.3 Å². The summed E-state index contributed by atoms with van der Waals surface area (Å²) in [7, 11) is 0. The molecule has 6 heteroatoms. The molecule has 0 radical (unpaired) electrons. The van der Waals surface area contributed by atoms with Crippen LogP contribution in [-0.4, -0.2) is 39.2 Å². The summed E-state index contributed by atoms with van der Waals surface area (Å²) in [6, 6.07) is 0. The number of piperidine rings is 1.